The Bertz CT molecular complexity index is 517. The van der Waals surface area contributed by atoms with E-state index in [1.807, 2.05) is 13.0 Å². The average molecular weight is 256 g/mol. The third-order valence-electron chi connectivity index (χ3n) is 2.29. The Labute approximate surface area is 102 Å². The highest BCUT2D eigenvalue weighted by Crippen LogP contribution is 2.18. The van der Waals surface area contributed by atoms with Gasteiger partial charge in [0.05, 0.1) is 11.5 Å². The summed E-state index contributed by atoms with van der Waals surface area (Å²) >= 11 is 0. The van der Waals surface area contributed by atoms with Crippen molar-refractivity contribution in [2.75, 3.05) is 12.4 Å². The van der Waals surface area contributed by atoms with Crippen LogP contribution in [0.15, 0.2) is 23.1 Å². The number of hydrogen-bond acceptors (Lipinski definition) is 4. The second-order valence-corrected chi connectivity index (χ2v) is 5.79. The highest BCUT2D eigenvalue weighted by molar-refractivity contribution is 7.92. The summed E-state index contributed by atoms with van der Waals surface area (Å²) in [6.07, 6.45) is 0. The largest absolute Gasteiger partial charge is 0.465 e. The molecule has 0 amide bonds. The molecule has 1 aromatic carbocycles. The van der Waals surface area contributed by atoms with Crippen molar-refractivity contribution in [3.63, 3.8) is 0 Å². The molecule has 0 aliphatic carbocycles. The summed E-state index contributed by atoms with van der Waals surface area (Å²) in [4.78, 5) is 11.4. The Morgan fingerprint density at radius 3 is 2.53 bits per heavy atom. The Morgan fingerprint density at radius 2 is 1.94 bits per heavy atom. The fraction of sp³-hybridized carbons (Fsp3) is 0.417. The molecule has 17 heavy (non-hydrogen) atoms. The summed E-state index contributed by atoms with van der Waals surface area (Å²) in [5, 5.41) is 0. The van der Waals surface area contributed by atoms with E-state index in [0.29, 0.717) is 5.56 Å². The second-order valence-electron chi connectivity index (χ2n) is 3.83. The van der Waals surface area contributed by atoms with Crippen LogP contribution in [-0.4, -0.2) is 26.7 Å². The number of esters is 1. The third-order valence-corrected chi connectivity index (χ3v) is 4.02. The maximum absolute atomic E-state index is 12.0. The number of ether oxygens (including phenoxy) is 1. The molecular formula is C12H16O4S. The van der Waals surface area contributed by atoms with Gasteiger partial charge in [-0.05, 0) is 38.0 Å². The SMILES string of the molecule is CCOC(=O)CS(=O)(=O)c1cc(C)ccc1C. The summed E-state index contributed by atoms with van der Waals surface area (Å²) in [7, 11) is -3.61. The first-order chi connectivity index (χ1) is 7.86. The summed E-state index contributed by atoms with van der Waals surface area (Å²) in [6.45, 7) is 5.34. The monoisotopic (exact) mass is 256 g/mol. The number of hydrogen-bond donors (Lipinski definition) is 0. The maximum atomic E-state index is 12.0. The van der Waals surface area contributed by atoms with Gasteiger partial charge in [0.15, 0.2) is 15.6 Å². The van der Waals surface area contributed by atoms with Gasteiger partial charge in [0.1, 0.15) is 0 Å². The van der Waals surface area contributed by atoms with E-state index in [4.69, 9.17) is 0 Å². The van der Waals surface area contributed by atoms with E-state index in [1.54, 1.807) is 26.0 Å². The van der Waals surface area contributed by atoms with Crippen LogP contribution in [0.4, 0.5) is 0 Å². The van der Waals surface area contributed by atoms with E-state index in [2.05, 4.69) is 4.74 Å². The lowest BCUT2D eigenvalue weighted by atomic mass is 10.2. The van der Waals surface area contributed by atoms with Crippen molar-refractivity contribution in [2.24, 2.45) is 0 Å². The standard InChI is InChI=1S/C12H16O4S/c1-4-16-12(13)8-17(14,15)11-7-9(2)5-6-10(11)3/h5-7H,4,8H2,1-3H3. The molecule has 0 saturated carbocycles. The fourth-order valence-corrected chi connectivity index (χ4v) is 2.95. The van der Waals surface area contributed by atoms with Crippen LogP contribution in [0.3, 0.4) is 0 Å². The minimum absolute atomic E-state index is 0.182. The lowest BCUT2D eigenvalue weighted by Crippen LogP contribution is -2.19. The molecule has 0 spiro atoms. The molecular weight excluding hydrogens is 240 g/mol. The predicted octanol–water partition coefficient (Wildman–Crippen LogP) is 1.64. The number of carbonyl (C=O) groups excluding carboxylic acids is 1. The van der Waals surface area contributed by atoms with Gasteiger partial charge in [-0.15, -0.1) is 0 Å². The van der Waals surface area contributed by atoms with Crippen LogP contribution in [0.2, 0.25) is 0 Å². The van der Waals surface area contributed by atoms with Crippen molar-refractivity contribution < 1.29 is 17.9 Å². The molecule has 0 unspecified atom stereocenters. The van der Waals surface area contributed by atoms with Gasteiger partial charge in [-0.2, -0.15) is 0 Å². The molecule has 0 fully saturated rings. The van der Waals surface area contributed by atoms with Crippen molar-refractivity contribution >= 4 is 15.8 Å². The number of carbonyl (C=O) groups is 1. The third kappa shape index (κ3) is 3.56. The van der Waals surface area contributed by atoms with Gasteiger partial charge >= 0.3 is 5.97 Å². The molecule has 0 N–H and O–H groups in total. The smallest absolute Gasteiger partial charge is 0.321 e. The van der Waals surface area contributed by atoms with Gasteiger partial charge in [-0.1, -0.05) is 12.1 Å². The molecule has 94 valence electrons. The number of benzene rings is 1. The van der Waals surface area contributed by atoms with Crippen LogP contribution in [0.1, 0.15) is 18.1 Å². The van der Waals surface area contributed by atoms with Crippen LogP contribution >= 0.6 is 0 Å². The first kappa shape index (κ1) is 13.7. The van der Waals surface area contributed by atoms with Crippen molar-refractivity contribution in [1.29, 1.82) is 0 Å². The van der Waals surface area contributed by atoms with Gasteiger partial charge in [0.25, 0.3) is 0 Å². The zero-order valence-corrected chi connectivity index (χ0v) is 11.0. The van der Waals surface area contributed by atoms with E-state index in [0.717, 1.165) is 5.56 Å². The molecule has 0 aliphatic heterocycles. The Morgan fingerprint density at radius 1 is 1.29 bits per heavy atom. The quantitative estimate of drug-likeness (QED) is 0.768. The van der Waals surface area contributed by atoms with E-state index < -0.39 is 21.6 Å². The fourth-order valence-electron chi connectivity index (χ4n) is 1.48. The number of rotatable bonds is 4. The van der Waals surface area contributed by atoms with Crippen LogP contribution in [0, 0.1) is 13.8 Å². The average Bonchev–Trinajstić information content (AvgIpc) is 2.21. The van der Waals surface area contributed by atoms with Crippen molar-refractivity contribution in [1.82, 2.24) is 0 Å². The molecule has 0 bridgehead atoms. The summed E-state index contributed by atoms with van der Waals surface area (Å²) in [5.41, 5.74) is 1.48. The lowest BCUT2D eigenvalue weighted by molar-refractivity contribution is -0.139. The van der Waals surface area contributed by atoms with Crippen molar-refractivity contribution in [2.45, 2.75) is 25.7 Å². The van der Waals surface area contributed by atoms with Crippen molar-refractivity contribution in [3.8, 4) is 0 Å². The Balaban J connectivity index is 3.05. The molecule has 1 rings (SSSR count). The second kappa shape index (κ2) is 5.31. The minimum atomic E-state index is -3.61. The Hall–Kier alpha value is -1.36. The first-order valence-electron chi connectivity index (χ1n) is 5.32. The van der Waals surface area contributed by atoms with Crippen LogP contribution in [0.5, 0.6) is 0 Å². The van der Waals surface area contributed by atoms with Crippen LogP contribution in [0.25, 0.3) is 0 Å². The highest BCUT2D eigenvalue weighted by atomic mass is 32.2. The van der Waals surface area contributed by atoms with E-state index >= 15 is 0 Å². The van der Waals surface area contributed by atoms with Crippen LogP contribution in [-0.2, 0) is 19.4 Å². The first-order valence-corrected chi connectivity index (χ1v) is 6.97. The number of sulfone groups is 1. The van der Waals surface area contributed by atoms with Crippen molar-refractivity contribution in [3.05, 3.63) is 29.3 Å². The van der Waals surface area contributed by atoms with Crippen LogP contribution < -0.4 is 0 Å². The zero-order chi connectivity index (χ0) is 13.1. The maximum Gasteiger partial charge on any atom is 0.321 e. The molecule has 0 radical (unpaired) electrons. The molecule has 5 heteroatoms. The minimum Gasteiger partial charge on any atom is -0.465 e. The molecule has 0 aromatic heterocycles. The van der Waals surface area contributed by atoms with E-state index in [1.165, 1.54) is 0 Å². The Kier molecular flexibility index (Phi) is 4.28. The highest BCUT2D eigenvalue weighted by Gasteiger charge is 2.22. The molecule has 4 nitrogen and oxygen atoms in total. The molecule has 0 atom stereocenters. The molecule has 1 aromatic rings. The van der Waals surface area contributed by atoms with Gasteiger partial charge in [0.2, 0.25) is 0 Å². The summed E-state index contributed by atoms with van der Waals surface area (Å²) < 4.78 is 28.6. The lowest BCUT2D eigenvalue weighted by Gasteiger charge is -2.08. The van der Waals surface area contributed by atoms with Gasteiger partial charge in [-0.3, -0.25) is 4.79 Å². The zero-order valence-electron chi connectivity index (χ0n) is 10.2. The molecule has 0 heterocycles. The molecule has 0 aliphatic rings. The predicted molar refractivity (Wildman–Crippen MR) is 64.6 cm³/mol. The summed E-state index contributed by atoms with van der Waals surface area (Å²) in [6, 6.07) is 5.13. The normalized spacial score (nSPS) is 11.2. The van der Waals surface area contributed by atoms with Gasteiger partial charge in [0, 0.05) is 0 Å². The van der Waals surface area contributed by atoms with Gasteiger partial charge < -0.3 is 4.74 Å². The van der Waals surface area contributed by atoms with Gasteiger partial charge in [-0.25, -0.2) is 8.42 Å². The summed E-state index contributed by atoms with van der Waals surface area (Å²) in [5.74, 6) is -1.32. The topological polar surface area (TPSA) is 60.4 Å². The number of aryl methyl sites for hydroxylation is 2. The van der Waals surface area contributed by atoms with E-state index in [-0.39, 0.29) is 11.5 Å². The molecule has 0 saturated heterocycles. The van der Waals surface area contributed by atoms with E-state index in [9.17, 15) is 13.2 Å².